The molecule has 0 saturated carbocycles. The number of nitrogens with one attached hydrogen (secondary N) is 1. The Morgan fingerprint density at radius 3 is 0.885 bits per heavy atom. The number of amides is 1. The highest BCUT2D eigenvalue weighted by Gasteiger charge is 2.18. The van der Waals surface area contributed by atoms with Crippen molar-refractivity contribution in [2.45, 2.75) is 443 Å². The van der Waals surface area contributed by atoms with Gasteiger partial charge in [-0.1, -0.05) is 377 Å². The van der Waals surface area contributed by atoms with Crippen molar-refractivity contribution < 1.29 is 24.5 Å². The zero-order valence-electron chi connectivity index (χ0n) is 58.8. The summed E-state index contributed by atoms with van der Waals surface area (Å²) >= 11 is 0. The van der Waals surface area contributed by atoms with Gasteiger partial charge in [0.15, 0.2) is 0 Å². The smallest absolute Gasteiger partial charge is 0.305 e. The molecule has 0 aliphatic heterocycles. The number of carbonyl (C=O) groups excluding carboxylic acids is 2. The molecular weight excluding hydrogens is 1070 g/mol. The van der Waals surface area contributed by atoms with Crippen LogP contribution in [0.15, 0.2) is 48.6 Å². The van der Waals surface area contributed by atoms with Crippen LogP contribution >= 0.6 is 0 Å². The normalized spacial score (nSPS) is 12.7. The molecule has 1 amide bonds. The summed E-state index contributed by atoms with van der Waals surface area (Å²) in [4.78, 5) is 24.6. The fraction of sp³-hybridized carbons (Fsp3) is 0.877. The van der Waals surface area contributed by atoms with E-state index in [2.05, 4.69) is 55.6 Å². The number of ether oxygens (including phenoxy) is 1. The van der Waals surface area contributed by atoms with Gasteiger partial charge in [0.2, 0.25) is 5.91 Å². The topological polar surface area (TPSA) is 95.9 Å². The SMILES string of the molecule is CCCCCCCCC/C=C\CCCCCCCCCC(=O)OCCCCCCCCCCCCCCCCC/C=C\C/C=C\CCCCCCCCCCCCCCCCCCCC(=O)NC(CO)C(O)/C=C/CCCCCCCCCCCCC. The van der Waals surface area contributed by atoms with Crippen LogP contribution in [0.5, 0.6) is 0 Å². The number of aliphatic hydroxyl groups is 2. The Morgan fingerprint density at radius 2 is 0.575 bits per heavy atom. The first-order valence-corrected chi connectivity index (χ1v) is 39.4. The molecular formula is C81H153NO5. The van der Waals surface area contributed by atoms with Crippen LogP contribution in [0, 0.1) is 0 Å². The van der Waals surface area contributed by atoms with E-state index in [0.29, 0.717) is 19.4 Å². The average Bonchev–Trinajstić information content (AvgIpc) is 3.54. The van der Waals surface area contributed by atoms with Gasteiger partial charge in [0.25, 0.3) is 0 Å². The van der Waals surface area contributed by atoms with Gasteiger partial charge in [-0.2, -0.15) is 0 Å². The van der Waals surface area contributed by atoms with Gasteiger partial charge in [-0.25, -0.2) is 0 Å². The molecule has 0 saturated heterocycles. The van der Waals surface area contributed by atoms with Gasteiger partial charge in [0.05, 0.1) is 25.4 Å². The summed E-state index contributed by atoms with van der Waals surface area (Å²) in [5.41, 5.74) is 0. The Balaban J connectivity index is 3.35. The predicted octanol–water partition coefficient (Wildman–Crippen LogP) is 26.0. The standard InChI is InChI=1S/C81H153NO5/c1-3-5-7-9-11-13-15-17-18-19-44-47-51-55-59-63-67-71-75-81(86)87-76-72-68-64-60-56-52-48-45-42-40-38-36-34-32-30-28-26-24-22-20-21-23-25-27-29-31-33-35-37-39-41-43-46-50-54-58-62-66-70-74-80(85)82-78(77-83)79(84)73-69-65-61-57-53-49-16-14-12-10-8-6-4-2/h18-21,24,26,69,73,78-79,83-84H,3-17,22-23,25,27-68,70-72,74-77H2,1-2H3,(H,82,85)/b19-18-,21-20-,26-24-,73-69+. The van der Waals surface area contributed by atoms with Crippen molar-refractivity contribution in [2.24, 2.45) is 0 Å². The quantitative estimate of drug-likeness (QED) is 0.0320. The lowest BCUT2D eigenvalue weighted by Crippen LogP contribution is -2.45. The molecule has 0 aromatic heterocycles. The van der Waals surface area contributed by atoms with Crippen LogP contribution in [0.2, 0.25) is 0 Å². The lowest BCUT2D eigenvalue weighted by Gasteiger charge is -2.20. The minimum absolute atomic E-state index is 0.0177. The third-order valence-corrected chi connectivity index (χ3v) is 18.3. The minimum atomic E-state index is -0.842. The van der Waals surface area contributed by atoms with Gasteiger partial charge < -0.3 is 20.3 Å². The van der Waals surface area contributed by atoms with Gasteiger partial charge in [0.1, 0.15) is 0 Å². The fourth-order valence-electron chi connectivity index (χ4n) is 12.3. The van der Waals surface area contributed by atoms with Gasteiger partial charge in [-0.3, -0.25) is 9.59 Å². The molecule has 6 heteroatoms. The number of rotatable bonds is 74. The van der Waals surface area contributed by atoms with Gasteiger partial charge in [0, 0.05) is 12.8 Å². The lowest BCUT2D eigenvalue weighted by atomic mass is 10.0. The molecule has 0 rings (SSSR count). The van der Waals surface area contributed by atoms with Crippen molar-refractivity contribution in [1.82, 2.24) is 5.32 Å². The highest BCUT2D eigenvalue weighted by atomic mass is 16.5. The number of carbonyl (C=O) groups is 2. The minimum Gasteiger partial charge on any atom is -0.466 e. The molecule has 0 fully saturated rings. The Hall–Kier alpha value is -2.18. The first kappa shape index (κ1) is 84.8. The zero-order valence-corrected chi connectivity index (χ0v) is 58.8. The van der Waals surface area contributed by atoms with Crippen LogP contribution in [0.1, 0.15) is 431 Å². The lowest BCUT2D eigenvalue weighted by molar-refractivity contribution is -0.143. The van der Waals surface area contributed by atoms with Gasteiger partial charge in [-0.15, -0.1) is 0 Å². The van der Waals surface area contributed by atoms with Crippen molar-refractivity contribution in [3.8, 4) is 0 Å². The maximum absolute atomic E-state index is 12.5. The first-order chi connectivity index (χ1) is 43.0. The number of hydrogen-bond acceptors (Lipinski definition) is 5. The molecule has 0 radical (unpaired) electrons. The molecule has 0 heterocycles. The van der Waals surface area contributed by atoms with Crippen LogP contribution in [-0.2, 0) is 14.3 Å². The number of unbranched alkanes of at least 4 members (excludes halogenated alkanes) is 57. The highest BCUT2D eigenvalue weighted by molar-refractivity contribution is 5.76. The van der Waals surface area contributed by atoms with Crippen LogP contribution in [0.25, 0.3) is 0 Å². The van der Waals surface area contributed by atoms with Crippen molar-refractivity contribution in [2.75, 3.05) is 13.2 Å². The van der Waals surface area contributed by atoms with Gasteiger partial charge in [-0.05, 0) is 89.9 Å². The summed E-state index contributed by atoms with van der Waals surface area (Å²) in [6.45, 7) is 4.93. The molecule has 6 nitrogen and oxygen atoms in total. The molecule has 0 aromatic carbocycles. The highest BCUT2D eigenvalue weighted by Crippen LogP contribution is 2.19. The molecule has 0 aliphatic carbocycles. The molecule has 87 heavy (non-hydrogen) atoms. The second-order valence-electron chi connectivity index (χ2n) is 27.0. The van der Waals surface area contributed by atoms with Crippen LogP contribution in [0.3, 0.4) is 0 Å². The van der Waals surface area contributed by atoms with E-state index in [1.807, 2.05) is 6.08 Å². The van der Waals surface area contributed by atoms with Crippen LogP contribution in [0.4, 0.5) is 0 Å². The van der Waals surface area contributed by atoms with E-state index in [1.54, 1.807) is 6.08 Å². The summed E-state index contributed by atoms with van der Waals surface area (Å²) in [6, 6.07) is -0.625. The average molecular weight is 1220 g/mol. The summed E-state index contributed by atoms with van der Waals surface area (Å²) in [7, 11) is 0. The van der Waals surface area contributed by atoms with Crippen molar-refractivity contribution >= 4 is 11.9 Å². The third kappa shape index (κ3) is 72.8. The molecule has 0 spiro atoms. The van der Waals surface area contributed by atoms with E-state index in [0.717, 1.165) is 51.4 Å². The number of aliphatic hydroxyl groups excluding tert-OH is 2. The monoisotopic (exact) mass is 1220 g/mol. The molecule has 3 N–H and O–H groups in total. The van der Waals surface area contributed by atoms with E-state index in [-0.39, 0.29) is 18.5 Å². The third-order valence-electron chi connectivity index (χ3n) is 18.3. The Morgan fingerprint density at radius 1 is 0.322 bits per heavy atom. The summed E-state index contributed by atoms with van der Waals surface area (Å²) < 4.78 is 5.51. The molecule has 2 atom stereocenters. The number of hydrogen-bond donors (Lipinski definition) is 3. The second-order valence-corrected chi connectivity index (χ2v) is 27.0. The van der Waals surface area contributed by atoms with E-state index in [9.17, 15) is 19.8 Å². The summed E-state index contributed by atoms with van der Waals surface area (Å²) in [6.07, 6.45) is 101. The Bertz CT molecular complexity index is 1450. The molecule has 512 valence electrons. The summed E-state index contributed by atoms with van der Waals surface area (Å²) in [5, 5.41) is 23.1. The van der Waals surface area contributed by atoms with Crippen molar-refractivity contribution in [3.63, 3.8) is 0 Å². The molecule has 0 aliphatic rings. The zero-order chi connectivity index (χ0) is 62.8. The van der Waals surface area contributed by atoms with Crippen LogP contribution < -0.4 is 5.32 Å². The Labute approximate surface area is 544 Å². The Kier molecular flexibility index (Phi) is 74.4. The fourth-order valence-corrected chi connectivity index (χ4v) is 12.3. The van der Waals surface area contributed by atoms with E-state index >= 15 is 0 Å². The summed E-state index contributed by atoms with van der Waals surface area (Å²) in [5.74, 6) is -0.0458. The maximum atomic E-state index is 12.5. The molecule has 0 bridgehead atoms. The van der Waals surface area contributed by atoms with Crippen molar-refractivity contribution in [1.29, 1.82) is 0 Å². The van der Waals surface area contributed by atoms with E-state index in [1.165, 1.54) is 353 Å². The van der Waals surface area contributed by atoms with Crippen LogP contribution in [-0.4, -0.2) is 47.4 Å². The van der Waals surface area contributed by atoms with Gasteiger partial charge >= 0.3 is 5.97 Å². The second kappa shape index (κ2) is 76.3. The number of esters is 1. The number of allylic oxidation sites excluding steroid dienone is 7. The predicted molar refractivity (Wildman–Crippen MR) is 384 cm³/mol. The first-order valence-electron chi connectivity index (χ1n) is 39.4. The molecule has 2 unspecified atom stereocenters. The van der Waals surface area contributed by atoms with E-state index in [4.69, 9.17) is 4.74 Å². The maximum Gasteiger partial charge on any atom is 0.305 e. The van der Waals surface area contributed by atoms with E-state index < -0.39 is 12.1 Å². The van der Waals surface area contributed by atoms with Crippen molar-refractivity contribution in [3.05, 3.63) is 48.6 Å². The molecule has 0 aromatic rings. The largest absolute Gasteiger partial charge is 0.466 e.